The van der Waals surface area contributed by atoms with Crippen LogP contribution < -0.4 is 5.32 Å². The topological polar surface area (TPSA) is 72.8 Å². The number of amidine groups is 1. The summed E-state index contributed by atoms with van der Waals surface area (Å²) in [5.41, 5.74) is 8.30. The average Bonchev–Trinajstić information content (AvgIpc) is 3.44. The molecule has 0 saturated carbocycles. The van der Waals surface area contributed by atoms with Gasteiger partial charge >= 0.3 is 5.97 Å². The van der Waals surface area contributed by atoms with Gasteiger partial charge in [-0.1, -0.05) is 12.1 Å². The summed E-state index contributed by atoms with van der Waals surface area (Å²) in [7, 11) is 0. The van der Waals surface area contributed by atoms with Crippen LogP contribution in [0, 0.1) is 0 Å². The molecular weight excluding hydrogens is 390 g/mol. The van der Waals surface area contributed by atoms with E-state index in [4.69, 9.17) is 4.74 Å². The predicted octanol–water partition coefficient (Wildman–Crippen LogP) is 4.56. The number of anilines is 1. The monoisotopic (exact) mass is 421 g/mol. The molecule has 0 saturated heterocycles. The minimum atomic E-state index is -0.211. The third-order valence-corrected chi connectivity index (χ3v) is 5.97. The van der Waals surface area contributed by atoms with Crippen LogP contribution in [-0.2, 0) is 40.0 Å². The number of rotatable bonds is 3. The first-order valence-electron chi connectivity index (χ1n) is 11.3. The quantitative estimate of drug-likeness (QED) is 0.736. The molecule has 1 unspecified atom stereocenters. The van der Waals surface area contributed by atoms with Gasteiger partial charge in [0, 0.05) is 18.8 Å². The van der Waals surface area contributed by atoms with Crippen molar-refractivity contribution in [3.8, 4) is 0 Å². The van der Waals surface area contributed by atoms with Crippen LogP contribution in [0.4, 0.5) is 5.69 Å². The zero-order valence-electron chi connectivity index (χ0n) is 18.4. The van der Waals surface area contributed by atoms with E-state index in [9.17, 15) is 4.79 Å². The number of ether oxygens (including phenoxy) is 2. The van der Waals surface area contributed by atoms with Gasteiger partial charge in [-0.2, -0.15) is 0 Å². The summed E-state index contributed by atoms with van der Waals surface area (Å²) in [4.78, 5) is 18.8. The highest BCUT2D eigenvalue weighted by molar-refractivity contribution is 5.92. The highest BCUT2D eigenvalue weighted by Crippen LogP contribution is 2.38. The van der Waals surface area contributed by atoms with E-state index in [0.717, 1.165) is 5.69 Å². The Bertz CT molecular complexity index is 956. The van der Waals surface area contributed by atoms with Crippen LogP contribution in [0.15, 0.2) is 35.5 Å². The number of hydrogen-bond donors (Lipinski definition) is 1. The van der Waals surface area contributed by atoms with Crippen molar-refractivity contribution in [2.24, 2.45) is 4.99 Å². The maximum absolute atomic E-state index is 9.82. The van der Waals surface area contributed by atoms with Gasteiger partial charge in [0.2, 0.25) is 0 Å². The number of nitrogens with one attached hydrogen (secondary N) is 1. The number of fused-ring (bicyclic) bond motifs is 2. The van der Waals surface area contributed by atoms with Crippen molar-refractivity contribution in [3.05, 3.63) is 58.4 Å². The lowest BCUT2D eigenvalue weighted by Gasteiger charge is -2.23. The molecule has 0 radical (unpaired) electrons. The molecule has 3 aliphatic rings. The molecule has 2 aliphatic carbocycles. The van der Waals surface area contributed by atoms with Crippen molar-refractivity contribution in [1.29, 1.82) is 0 Å². The minimum Gasteiger partial charge on any atom is -0.466 e. The van der Waals surface area contributed by atoms with Crippen LogP contribution in [0.2, 0.25) is 0 Å². The zero-order chi connectivity index (χ0) is 21.6. The Hall–Kier alpha value is -2.89. The maximum Gasteiger partial charge on any atom is 0.302 e. The second-order valence-corrected chi connectivity index (χ2v) is 8.14. The summed E-state index contributed by atoms with van der Waals surface area (Å²) in [5, 5.41) is 3.57. The fourth-order valence-electron chi connectivity index (χ4n) is 4.60. The number of aromatic nitrogens is 1. The molecule has 1 N–H and O–H groups in total. The van der Waals surface area contributed by atoms with E-state index < -0.39 is 0 Å². The Labute approximate surface area is 184 Å². The summed E-state index contributed by atoms with van der Waals surface area (Å²) < 4.78 is 10.5. The first-order valence-corrected chi connectivity index (χ1v) is 11.3. The molecule has 31 heavy (non-hydrogen) atoms. The van der Waals surface area contributed by atoms with Gasteiger partial charge in [-0.15, -0.1) is 0 Å². The molecule has 0 fully saturated rings. The number of benzene rings is 1. The van der Waals surface area contributed by atoms with Gasteiger partial charge in [0.15, 0.2) is 6.10 Å². The summed E-state index contributed by atoms with van der Waals surface area (Å²) >= 11 is 0. The van der Waals surface area contributed by atoms with E-state index in [1.54, 1.807) is 6.92 Å². The Morgan fingerprint density at radius 2 is 1.87 bits per heavy atom. The third kappa shape index (κ3) is 5.06. The average molecular weight is 422 g/mol. The Balaban J connectivity index is 0.000000342. The van der Waals surface area contributed by atoms with E-state index in [1.807, 2.05) is 24.4 Å². The molecule has 1 aromatic heterocycles. The molecule has 0 spiro atoms. The van der Waals surface area contributed by atoms with E-state index in [2.05, 4.69) is 26.1 Å². The highest BCUT2D eigenvalue weighted by atomic mass is 16.5. The van der Waals surface area contributed by atoms with Gasteiger partial charge in [-0.3, -0.25) is 9.78 Å². The van der Waals surface area contributed by atoms with Gasteiger partial charge in [-0.05, 0) is 86.3 Å². The third-order valence-electron chi connectivity index (χ3n) is 5.97. The van der Waals surface area contributed by atoms with Crippen molar-refractivity contribution in [2.45, 2.75) is 64.9 Å². The molecule has 0 bridgehead atoms. The summed E-state index contributed by atoms with van der Waals surface area (Å²) in [6.07, 6.45) is 10.3. The molecule has 0 amide bonds. The number of hydrogen-bond acceptors (Lipinski definition) is 6. The molecule has 164 valence electrons. The van der Waals surface area contributed by atoms with Crippen molar-refractivity contribution < 1.29 is 14.3 Å². The van der Waals surface area contributed by atoms with Crippen LogP contribution in [0.25, 0.3) is 0 Å². The molecule has 5 rings (SSSR count). The molecule has 2 aromatic rings. The fourth-order valence-corrected chi connectivity index (χ4v) is 4.60. The van der Waals surface area contributed by atoms with Crippen molar-refractivity contribution in [1.82, 2.24) is 4.98 Å². The van der Waals surface area contributed by atoms with Crippen molar-refractivity contribution in [2.75, 3.05) is 18.5 Å². The highest BCUT2D eigenvalue weighted by Gasteiger charge is 2.27. The van der Waals surface area contributed by atoms with Crippen molar-refractivity contribution in [3.63, 3.8) is 0 Å². The number of aryl methyl sites for hydroxylation is 2. The lowest BCUT2D eigenvalue weighted by atomic mass is 9.87. The van der Waals surface area contributed by atoms with Crippen LogP contribution in [0.3, 0.4) is 0 Å². The van der Waals surface area contributed by atoms with Gasteiger partial charge in [-0.25, -0.2) is 4.99 Å². The van der Waals surface area contributed by atoms with Gasteiger partial charge < -0.3 is 14.8 Å². The molecule has 6 nitrogen and oxygen atoms in total. The molecule has 6 heteroatoms. The largest absolute Gasteiger partial charge is 0.466 e. The molecule has 2 heterocycles. The van der Waals surface area contributed by atoms with Crippen LogP contribution in [0.1, 0.15) is 67.2 Å². The number of carbonyl (C=O) groups is 1. The first kappa shape index (κ1) is 21.3. The van der Waals surface area contributed by atoms with Crippen molar-refractivity contribution >= 4 is 17.7 Å². The Morgan fingerprint density at radius 3 is 2.55 bits per heavy atom. The number of carbonyl (C=O) groups excluding carboxylic acids is 1. The van der Waals surface area contributed by atoms with Crippen LogP contribution in [-0.4, -0.2) is 30.1 Å². The van der Waals surface area contributed by atoms with E-state index in [1.165, 1.54) is 79.8 Å². The number of nitrogens with zero attached hydrogens (tertiary/aromatic N) is 2. The predicted molar refractivity (Wildman–Crippen MR) is 121 cm³/mol. The number of esters is 1. The molecule has 1 aromatic carbocycles. The number of pyridine rings is 1. The standard InChI is InChI=1S/C21H23N3O.C4H8O2/c1-2-8-16-14(6-1)12-15-7-5-9-17(15)20(16)24-21-23-13-19(25-21)18-10-3-4-11-22-18;1-3-6-4(2)5/h3-4,10-12,19H,1-2,5-9,13H2,(H,23,24);3H2,1-2H3. The lowest BCUT2D eigenvalue weighted by Crippen LogP contribution is -2.18. The second kappa shape index (κ2) is 9.94. The molecule has 1 atom stereocenters. The normalized spacial score (nSPS) is 18.6. The smallest absolute Gasteiger partial charge is 0.302 e. The fraction of sp³-hybridized carbons (Fsp3) is 0.480. The van der Waals surface area contributed by atoms with E-state index >= 15 is 0 Å². The second-order valence-electron chi connectivity index (χ2n) is 8.14. The molecule has 1 aliphatic heterocycles. The minimum absolute atomic E-state index is 0.0729. The van der Waals surface area contributed by atoms with Gasteiger partial charge in [0.05, 0.1) is 18.8 Å². The first-order chi connectivity index (χ1) is 15.2. The summed E-state index contributed by atoms with van der Waals surface area (Å²) in [6, 6.07) is 9.06. The zero-order valence-corrected chi connectivity index (χ0v) is 18.4. The van der Waals surface area contributed by atoms with E-state index in [-0.39, 0.29) is 12.1 Å². The van der Waals surface area contributed by atoms with Crippen LogP contribution in [0.5, 0.6) is 0 Å². The molecular formula is C25H31N3O3. The van der Waals surface area contributed by atoms with Gasteiger partial charge in [0.1, 0.15) is 0 Å². The maximum atomic E-state index is 9.82. The Morgan fingerprint density at radius 1 is 1.13 bits per heavy atom. The summed E-state index contributed by atoms with van der Waals surface area (Å²) in [5.74, 6) is -0.211. The van der Waals surface area contributed by atoms with E-state index in [0.29, 0.717) is 19.2 Å². The summed E-state index contributed by atoms with van der Waals surface area (Å²) in [6.45, 7) is 4.29. The number of aliphatic imine (C=N–C) groups is 1. The lowest BCUT2D eigenvalue weighted by molar-refractivity contribution is -0.140. The van der Waals surface area contributed by atoms with Crippen LogP contribution >= 0.6 is 0 Å². The Kier molecular flexibility index (Phi) is 6.85. The SMILES string of the molecule is CCOC(C)=O.c1ccc(C2CN=C(Nc3c4c(cc5c3CCC5)CCCC4)O2)nc1. The van der Waals surface area contributed by atoms with Gasteiger partial charge in [0.25, 0.3) is 6.02 Å².